The Kier molecular flexibility index (Phi) is 3.73. The van der Waals surface area contributed by atoms with Crippen LogP contribution in [0.3, 0.4) is 0 Å². The molecule has 0 fully saturated rings. The van der Waals surface area contributed by atoms with E-state index in [-0.39, 0.29) is 0 Å². The van der Waals surface area contributed by atoms with E-state index in [1.165, 1.54) is 4.80 Å². The lowest BCUT2D eigenvalue weighted by atomic mass is 10.3. The van der Waals surface area contributed by atoms with E-state index in [0.29, 0.717) is 30.3 Å². The number of hydrogen-bond donors (Lipinski definition) is 1. The summed E-state index contributed by atoms with van der Waals surface area (Å²) in [5.41, 5.74) is 6.17. The van der Waals surface area contributed by atoms with E-state index in [0.717, 1.165) is 5.69 Å². The first-order valence-electron chi connectivity index (χ1n) is 5.49. The molecule has 2 N–H and O–H groups in total. The molecule has 0 atom stereocenters. The van der Waals surface area contributed by atoms with E-state index in [2.05, 4.69) is 15.4 Å². The van der Waals surface area contributed by atoms with Gasteiger partial charge in [-0.15, -0.1) is 15.0 Å². The number of rotatable bonds is 5. The zero-order valence-corrected chi connectivity index (χ0v) is 10.3. The fourth-order valence-corrected chi connectivity index (χ4v) is 1.49. The highest BCUT2D eigenvalue weighted by atomic mass is 16.5. The van der Waals surface area contributed by atoms with Gasteiger partial charge in [-0.25, -0.2) is 0 Å². The molecule has 0 spiro atoms. The second-order valence-corrected chi connectivity index (χ2v) is 3.60. The maximum atomic E-state index is 5.44. The lowest BCUT2D eigenvalue weighted by Crippen LogP contribution is -2.05. The monoisotopic (exact) mass is 249 g/mol. The summed E-state index contributed by atoms with van der Waals surface area (Å²) in [6.45, 7) is 0.493. The summed E-state index contributed by atoms with van der Waals surface area (Å²) in [6.07, 6.45) is 0.598. The minimum Gasteiger partial charge on any atom is -0.497 e. The van der Waals surface area contributed by atoms with Gasteiger partial charge in [0.2, 0.25) is 0 Å². The predicted octanol–water partition coefficient (Wildman–Crippen LogP) is 0.181. The molecule has 7 nitrogen and oxygen atoms in total. The van der Waals surface area contributed by atoms with Crippen molar-refractivity contribution in [3.05, 3.63) is 24.0 Å². The van der Waals surface area contributed by atoms with E-state index < -0.39 is 0 Å². The van der Waals surface area contributed by atoms with Gasteiger partial charge in [-0.3, -0.25) is 0 Å². The summed E-state index contributed by atoms with van der Waals surface area (Å²) in [6, 6.07) is 5.38. The third kappa shape index (κ3) is 2.57. The maximum Gasteiger partial charge on any atom is 0.176 e. The van der Waals surface area contributed by atoms with E-state index in [9.17, 15) is 0 Å². The Bertz CT molecular complexity index is 504. The highest BCUT2D eigenvalue weighted by molar-refractivity contribution is 5.45. The lowest BCUT2D eigenvalue weighted by molar-refractivity contribution is 0.393. The minimum absolute atomic E-state index is 0.493. The van der Waals surface area contributed by atoms with Crippen LogP contribution in [0.1, 0.15) is 5.82 Å². The van der Waals surface area contributed by atoms with Crippen LogP contribution in [0, 0.1) is 0 Å². The van der Waals surface area contributed by atoms with Gasteiger partial charge in [-0.2, -0.15) is 0 Å². The number of methoxy groups -OCH3 is 2. The SMILES string of the molecule is COc1cc(OC)cc(-n2nnc(CCN)n2)c1. The topological polar surface area (TPSA) is 88.1 Å². The van der Waals surface area contributed by atoms with Gasteiger partial charge < -0.3 is 15.2 Å². The fourth-order valence-electron chi connectivity index (χ4n) is 1.49. The Hall–Kier alpha value is -2.15. The molecule has 0 aliphatic carbocycles. The first-order chi connectivity index (χ1) is 8.76. The number of nitrogens with zero attached hydrogens (tertiary/aromatic N) is 4. The second-order valence-electron chi connectivity index (χ2n) is 3.60. The van der Waals surface area contributed by atoms with Crippen molar-refractivity contribution in [1.29, 1.82) is 0 Å². The van der Waals surface area contributed by atoms with Crippen molar-refractivity contribution in [2.24, 2.45) is 5.73 Å². The number of hydrogen-bond acceptors (Lipinski definition) is 6. The van der Waals surface area contributed by atoms with Crippen LogP contribution in [0.25, 0.3) is 5.69 Å². The molecule has 1 aromatic carbocycles. The van der Waals surface area contributed by atoms with Gasteiger partial charge in [0, 0.05) is 24.6 Å². The van der Waals surface area contributed by atoms with Crippen LogP contribution in [0.15, 0.2) is 18.2 Å². The van der Waals surface area contributed by atoms with Crippen molar-refractivity contribution in [2.45, 2.75) is 6.42 Å². The molecule has 1 aromatic heterocycles. The van der Waals surface area contributed by atoms with Gasteiger partial charge in [0.05, 0.1) is 19.9 Å². The number of tetrazole rings is 1. The first-order valence-corrected chi connectivity index (χ1v) is 5.49. The summed E-state index contributed by atoms with van der Waals surface area (Å²) in [5.74, 6) is 1.95. The van der Waals surface area contributed by atoms with Gasteiger partial charge in [0.25, 0.3) is 0 Å². The summed E-state index contributed by atoms with van der Waals surface area (Å²) >= 11 is 0. The molecule has 0 aliphatic heterocycles. The zero-order chi connectivity index (χ0) is 13.0. The highest BCUT2D eigenvalue weighted by Crippen LogP contribution is 2.23. The van der Waals surface area contributed by atoms with Crippen LogP contribution < -0.4 is 15.2 Å². The largest absolute Gasteiger partial charge is 0.497 e. The van der Waals surface area contributed by atoms with Crippen molar-refractivity contribution in [1.82, 2.24) is 20.2 Å². The Morgan fingerprint density at radius 3 is 2.39 bits per heavy atom. The second kappa shape index (κ2) is 5.46. The van der Waals surface area contributed by atoms with Gasteiger partial charge in [0.15, 0.2) is 5.82 Å². The molecule has 0 radical (unpaired) electrons. The van der Waals surface area contributed by atoms with Crippen molar-refractivity contribution in [3.8, 4) is 17.2 Å². The molecule has 7 heteroatoms. The van der Waals surface area contributed by atoms with Gasteiger partial charge in [-0.05, 0) is 11.8 Å². The van der Waals surface area contributed by atoms with Crippen molar-refractivity contribution in [2.75, 3.05) is 20.8 Å². The molecule has 0 saturated heterocycles. The quantitative estimate of drug-likeness (QED) is 0.813. The number of aromatic nitrogens is 4. The van der Waals surface area contributed by atoms with Crippen LogP contribution in [-0.2, 0) is 6.42 Å². The predicted molar refractivity (Wildman–Crippen MR) is 65.0 cm³/mol. The standard InChI is InChI=1S/C11H15N5O2/c1-17-9-5-8(6-10(7-9)18-2)16-14-11(3-4-12)13-15-16/h5-7H,3-4,12H2,1-2H3. The third-order valence-corrected chi connectivity index (χ3v) is 2.39. The van der Waals surface area contributed by atoms with Crippen LogP contribution >= 0.6 is 0 Å². The molecule has 96 valence electrons. The molecule has 0 unspecified atom stereocenters. The molecular weight excluding hydrogens is 234 g/mol. The molecule has 2 rings (SSSR count). The summed E-state index contributed by atoms with van der Waals surface area (Å²) in [5, 5.41) is 12.1. The minimum atomic E-state index is 0.493. The van der Waals surface area contributed by atoms with E-state index in [4.69, 9.17) is 15.2 Å². The van der Waals surface area contributed by atoms with Crippen LogP contribution in [-0.4, -0.2) is 41.0 Å². The molecule has 18 heavy (non-hydrogen) atoms. The average Bonchev–Trinajstić information content (AvgIpc) is 2.87. The molecule has 0 saturated carbocycles. The Morgan fingerprint density at radius 1 is 1.17 bits per heavy atom. The Balaban J connectivity index is 2.35. The Labute approximate surface area is 104 Å². The van der Waals surface area contributed by atoms with Crippen molar-refractivity contribution < 1.29 is 9.47 Å². The molecule has 0 aliphatic rings. The molecule has 0 amide bonds. The van der Waals surface area contributed by atoms with Crippen LogP contribution in [0.4, 0.5) is 0 Å². The van der Waals surface area contributed by atoms with Gasteiger partial charge in [0.1, 0.15) is 11.5 Å². The van der Waals surface area contributed by atoms with Gasteiger partial charge >= 0.3 is 0 Å². The molecule has 0 bridgehead atoms. The smallest absolute Gasteiger partial charge is 0.176 e. The molecular formula is C11H15N5O2. The molecule has 1 heterocycles. The third-order valence-electron chi connectivity index (χ3n) is 2.39. The summed E-state index contributed by atoms with van der Waals surface area (Å²) < 4.78 is 10.4. The zero-order valence-electron chi connectivity index (χ0n) is 10.3. The van der Waals surface area contributed by atoms with E-state index in [1.54, 1.807) is 32.4 Å². The average molecular weight is 249 g/mol. The first kappa shape index (κ1) is 12.3. The van der Waals surface area contributed by atoms with E-state index in [1.807, 2.05) is 0 Å². The van der Waals surface area contributed by atoms with Crippen LogP contribution in [0.2, 0.25) is 0 Å². The number of benzene rings is 1. The number of ether oxygens (including phenoxy) is 2. The summed E-state index contributed by atoms with van der Waals surface area (Å²) in [4.78, 5) is 1.43. The highest BCUT2D eigenvalue weighted by Gasteiger charge is 2.07. The molecule has 2 aromatic rings. The Morgan fingerprint density at radius 2 is 1.83 bits per heavy atom. The fraction of sp³-hybridized carbons (Fsp3) is 0.364. The normalized spacial score (nSPS) is 10.4. The van der Waals surface area contributed by atoms with Gasteiger partial charge in [-0.1, -0.05) is 0 Å². The van der Waals surface area contributed by atoms with Crippen molar-refractivity contribution in [3.63, 3.8) is 0 Å². The summed E-state index contributed by atoms with van der Waals surface area (Å²) in [7, 11) is 3.18. The lowest BCUT2D eigenvalue weighted by Gasteiger charge is -2.06. The van der Waals surface area contributed by atoms with Crippen molar-refractivity contribution >= 4 is 0 Å². The maximum absolute atomic E-state index is 5.44. The van der Waals surface area contributed by atoms with E-state index >= 15 is 0 Å². The van der Waals surface area contributed by atoms with Crippen LogP contribution in [0.5, 0.6) is 11.5 Å². The number of nitrogens with two attached hydrogens (primary N) is 1.